The summed E-state index contributed by atoms with van der Waals surface area (Å²) in [5, 5.41) is 0. The van der Waals surface area contributed by atoms with Crippen molar-refractivity contribution in [2.24, 2.45) is 17.8 Å². The number of thiophene rings is 1. The van der Waals surface area contributed by atoms with Gasteiger partial charge in [-0.3, -0.25) is 0 Å². The molecule has 1 fully saturated rings. The summed E-state index contributed by atoms with van der Waals surface area (Å²) >= 11 is 1.50. The molecule has 0 saturated heterocycles. The van der Waals surface area contributed by atoms with Crippen molar-refractivity contribution >= 4 is 17.3 Å². The summed E-state index contributed by atoms with van der Waals surface area (Å²) in [4.78, 5) is 17.4. The Kier molecular flexibility index (Phi) is 6.90. The smallest absolute Gasteiger partial charge is 0.348 e. The number of carbonyl (C=O) groups is 1. The molecule has 0 amide bonds. The number of rotatable bonds is 5. The number of carbonyl (C=O) groups excluding carboxylic acids is 1. The third kappa shape index (κ3) is 4.83. The van der Waals surface area contributed by atoms with Crippen molar-refractivity contribution in [1.29, 1.82) is 0 Å². The highest BCUT2D eigenvalue weighted by molar-refractivity contribution is 7.13. The topological polar surface area (TPSA) is 30.7 Å². The van der Waals surface area contributed by atoms with Crippen molar-refractivity contribution < 1.29 is 9.53 Å². The van der Waals surface area contributed by atoms with Gasteiger partial charge in [-0.1, -0.05) is 37.0 Å². The Morgan fingerprint density at radius 2 is 2.07 bits per heavy atom. The number of ether oxygens (including phenoxy) is 1. The molecular weight excluding hydrogens is 366 g/mol. The van der Waals surface area contributed by atoms with Crippen LogP contribution in [0.1, 0.15) is 46.3 Å². The van der Waals surface area contributed by atoms with Crippen LogP contribution in [-0.2, 0) is 11.2 Å². The molecule has 1 saturated carbocycles. The fourth-order valence-electron chi connectivity index (χ4n) is 4.06. The Balaban J connectivity index is 1.64. The molecule has 0 unspecified atom stereocenters. The van der Waals surface area contributed by atoms with Gasteiger partial charge in [0.1, 0.15) is 4.88 Å². The third-order valence-corrected chi connectivity index (χ3v) is 6.64. The Morgan fingerprint density at radius 1 is 1.29 bits per heavy atom. The minimum Gasteiger partial charge on any atom is -0.465 e. The van der Waals surface area contributed by atoms with Crippen molar-refractivity contribution in [3.05, 3.63) is 69.2 Å². The fraction of sp³-hybridized carbons (Fsp3) is 0.417. The van der Waals surface area contributed by atoms with E-state index in [9.17, 15) is 4.79 Å². The lowest BCUT2D eigenvalue weighted by Crippen LogP contribution is -2.17. The number of esters is 1. The van der Waals surface area contributed by atoms with Crippen molar-refractivity contribution in [3.63, 3.8) is 0 Å². The molecule has 0 N–H and O–H groups in total. The average molecular weight is 392 g/mol. The van der Waals surface area contributed by atoms with Crippen LogP contribution in [0.2, 0.25) is 0 Å². The van der Waals surface area contributed by atoms with E-state index in [2.05, 4.69) is 23.6 Å². The van der Waals surface area contributed by atoms with Crippen LogP contribution in [0.25, 0.3) is 4.85 Å². The van der Waals surface area contributed by atoms with E-state index in [1.165, 1.54) is 23.3 Å². The Bertz CT molecular complexity index is 900. The molecule has 0 aliphatic heterocycles. The first kappa shape index (κ1) is 20.2. The largest absolute Gasteiger partial charge is 0.465 e. The summed E-state index contributed by atoms with van der Waals surface area (Å²) in [6, 6.07) is 14.0. The van der Waals surface area contributed by atoms with Gasteiger partial charge in [0, 0.05) is 28.7 Å². The van der Waals surface area contributed by atoms with Gasteiger partial charge < -0.3 is 9.58 Å². The van der Waals surface area contributed by atoms with E-state index in [-0.39, 0.29) is 17.9 Å². The molecule has 4 atom stereocenters. The van der Waals surface area contributed by atoms with E-state index < -0.39 is 0 Å². The average Bonchev–Trinajstić information content (AvgIpc) is 3.31. The molecule has 1 aliphatic rings. The van der Waals surface area contributed by atoms with Gasteiger partial charge >= 0.3 is 5.97 Å². The molecule has 3 nitrogen and oxygen atoms in total. The van der Waals surface area contributed by atoms with Gasteiger partial charge in [0.15, 0.2) is 0 Å². The second kappa shape index (κ2) is 9.58. The first-order valence-corrected chi connectivity index (χ1v) is 10.5. The second-order valence-corrected chi connectivity index (χ2v) is 8.55. The van der Waals surface area contributed by atoms with Crippen LogP contribution in [0.5, 0.6) is 0 Å². The lowest BCUT2D eigenvalue weighted by Gasteiger charge is -2.16. The van der Waals surface area contributed by atoms with Crippen LogP contribution in [0.15, 0.2) is 42.5 Å². The van der Waals surface area contributed by atoms with Gasteiger partial charge in [0.2, 0.25) is 6.04 Å². The summed E-state index contributed by atoms with van der Waals surface area (Å²) in [5.74, 6) is 7.58. The zero-order valence-electron chi connectivity index (χ0n) is 16.4. The lowest BCUT2D eigenvalue weighted by atomic mass is 9.86. The van der Waals surface area contributed by atoms with Crippen LogP contribution in [0.4, 0.5) is 0 Å². The maximum Gasteiger partial charge on any atom is 0.348 e. The second-order valence-electron chi connectivity index (χ2n) is 7.38. The summed E-state index contributed by atoms with van der Waals surface area (Å²) in [6.07, 6.45) is 3.87. The number of methoxy groups -OCH3 is 1. The predicted molar refractivity (Wildman–Crippen MR) is 113 cm³/mol. The number of aryl methyl sites for hydroxylation is 1. The molecule has 0 radical (unpaired) electrons. The SMILES string of the molecule is [C-]#[N+][C@@H]1C[C@@H](C)[C@H](C#Cc2ccccc2)[C@H]1CCCc1ccc(C(=O)OC)s1. The molecule has 3 rings (SSSR count). The first-order chi connectivity index (χ1) is 13.6. The Hall–Kier alpha value is -2.56. The van der Waals surface area contributed by atoms with E-state index in [0.717, 1.165) is 31.2 Å². The summed E-state index contributed by atoms with van der Waals surface area (Å²) < 4.78 is 4.78. The first-order valence-electron chi connectivity index (χ1n) is 9.72. The monoisotopic (exact) mass is 391 g/mol. The highest BCUT2D eigenvalue weighted by atomic mass is 32.1. The minimum absolute atomic E-state index is 0.0686. The lowest BCUT2D eigenvalue weighted by molar-refractivity contribution is 0.0606. The number of benzene rings is 1. The van der Waals surface area contributed by atoms with Gasteiger partial charge in [-0.05, 0) is 49.4 Å². The predicted octanol–water partition coefficient (Wildman–Crippen LogP) is 5.47. The molecular formula is C24H25NO2S. The van der Waals surface area contributed by atoms with Crippen molar-refractivity contribution in [2.75, 3.05) is 7.11 Å². The fourth-order valence-corrected chi connectivity index (χ4v) is 5.02. The maximum absolute atomic E-state index is 11.6. The number of hydrogen-bond donors (Lipinski definition) is 0. The van der Waals surface area contributed by atoms with Gasteiger partial charge in [0.25, 0.3) is 0 Å². The van der Waals surface area contributed by atoms with Gasteiger partial charge in [-0.25, -0.2) is 11.4 Å². The Labute approximate surface area is 171 Å². The van der Waals surface area contributed by atoms with E-state index in [0.29, 0.717) is 16.7 Å². The van der Waals surface area contributed by atoms with Crippen LogP contribution >= 0.6 is 11.3 Å². The molecule has 144 valence electrons. The molecule has 2 aromatic rings. The number of hydrogen-bond acceptors (Lipinski definition) is 3. The summed E-state index contributed by atoms with van der Waals surface area (Å²) in [6.45, 7) is 9.83. The highest BCUT2D eigenvalue weighted by Gasteiger charge is 2.44. The van der Waals surface area contributed by atoms with Crippen molar-refractivity contribution in [1.82, 2.24) is 0 Å². The van der Waals surface area contributed by atoms with E-state index in [1.807, 2.05) is 42.5 Å². The number of nitrogens with zero attached hydrogens (tertiary/aromatic N) is 1. The quantitative estimate of drug-likeness (QED) is 0.384. The standard InChI is InChI=1S/C24H25NO2S/c1-17-16-22(25-2)21(20(17)14-12-18-8-5-4-6-9-18)11-7-10-19-13-15-23(28-19)24(26)27-3/h4-6,8-9,13,15,17,20-22H,7,10-11,16H2,1,3H3/t17-,20+,21-,22-/m1/s1. The molecule has 1 aromatic heterocycles. The van der Waals surface area contributed by atoms with Gasteiger partial charge in [-0.2, -0.15) is 0 Å². The highest BCUT2D eigenvalue weighted by Crippen LogP contribution is 2.41. The molecule has 1 aromatic carbocycles. The maximum atomic E-state index is 11.6. The van der Waals surface area contributed by atoms with Gasteiger partial charge in [-0.15, -0.1) is 11.3 Å². The van der Waals surface area contributed by atoms with Crippen molar-refractivity contribution in [2.45, 2.75) is 38.6 Å². The molecule has 4 heteroatoms. The van der Waals surface area contributed by atoms with E-state index >= 15 is 0 Å². The summed E-state index contributed by atoms with van der Waals surface area (Å²) in [7, 11) is 1.41. The van der Waals surface area contributed by atoms with Crippen molar-refractivity contribution in [3.8, 4) is 11.8 Å². The van der Waals surface area contributed by atoms with E-state index in [4.69, 9.17) is 11.3 Å². The van der Waals surface area contributed by atoms with Crippen LogP contribution in [0.3, 0.4) is 0 Å². The summed E-state index contributed by atoms with van der Waals surface area (Å²) in [5.41, 5.74) is 1.04. The molecule has 0 bridgehead atoms. The minimum atomic E-state index is -0.273. The molecule has 1 heterocycles. The van der Waals surface area contributed by atoms with E-state index in [1.54, 1.807) is 0 Å². The third-order valence-electron chi connectivity index (χ3n) is 5.51. The molecule has 1 aliphatic carbocycles. The zero-order chi connectivity index (χ0) is 19.9. The zero-order valence-corrected chi connectivity index (χ0v) is 17.2. The normalized spacial score (nSPS) is 23.5. The molecule has 0 spiro atoms. The van der Waals surface area contributed by atoms with Crippen LogP contribution in [-0.4, -0.2) is 19.1 Å². The molecule has 28 heavy (non-hydrogen) atoms. The Morgan fingerprint density at radius 3 is 2.79 bits per heavy atom. The van der Waals surface area contributed by atoms with Crippen LogP contribution in [0, 0.1) is 36.2 Å². The van der Waals surface area contributed by atoms with Crippen LogP contribution < -0.4 is 0 Å². The van der Waals surface area contributed by atoms with Gasteiger partial charge in [0.05, 0.1) is 7.11 Å².